The van der Waals surface area contributed by atoms with E-state index >= 15 is 0 Å². The summed E-state index contributed by atoms with van der Waals surface area (Å²) in [6.45, 7) is 3.48. The second-order valence-corrected chi connectivity index (χ2v) is 10.7. The van der Waals surface area contributed by atoms with E-state index in [0.29, 0.717) is 26.1 Å². The zero-order chi connectivity index (χ0) is 34.1. The Morgan fingerprint density at radius 1 is 0.915 bits per heavy atom. The van der Waals surface area contributed by atoms with E-state index in [1.807, 2.05) is 0 Å². The molecule has 2 rings (SSSR count). The zero-order valence-corrected chi connectivity index (χ0v) is 27.2. The molecule has 1 fully saturated rings. The molecule has 0 aromatic carbocycles. The minimum atomic E-state index is -1.47. The SMILES string of the molecule is CCC=CCC=CCC=CCC=CCC=CCCCC(=O)NCCNCCNC(=O)OCC1OC(n2cnc(N)nc2=O)C(O)C1O. The van der Waals surface area contributed by atoms with Crippen molar-refractivity contribution in [3.8, 4) is 0 Å². The number of aliphatic hydroxyl groups excluding tert-OH is 2. The van der Waals surface area contributed by atoms with Gasteiger partial charge < -0.3 is 41.4 Å². The smallest absolute Gasteiger partial charge is 0.407 e. The minimum Gasteiger partial charge on any atom is -0.447 e. The molecule has 1 aliphatic rings. The van der Waals surface area contributed by atoms with E-state index in [1.54, 1.807) is 0 Å². The molecule has 2 heterocycles. The van der Waals surface area contributed by atoms with Gasteiger partial charge in [0, 0.05) is 32.6 Å². The van der Waals surface area contributed by atoms with Gasteiger partial charge in [-0.05, 0) is 44.9 Å². The number of aromatic nitrogens is 3. The lowest BCUT2D eigenvalue weighted by Crippen LogP contribution is -2.38. The van der Waals surface area contributed by atoms with Crippen molar-refractivity contribution in [2.24, 2.45) is 0 Å². The van der Waals surface area contributed by atoms with Crippen molar-refractivity contribution in [2.75, 3.05) is 38.5 Å². The molecule has 0 spiro atoms. The minimum absolute atomic E-state index is 0.00155. The van der Waals surface area contributed by atoms with E-state index in [4.69, 9.17) is 15.2 Å². The summed E-state index contributed by atoms with van der Waals surface area (Å²) in [5, 5.41) is 29.0. The van der Waals surface area contributed by atoms with E-state index in [1.165, 1.54) is 0 Å². The fourth-order valence-corrected chi connectivity index (χ4v) is 4.34. The first-order chi connectivity index (χ1) is 22.8. The highest BCUT2D eigenvalue weighted by atomic mass is 16.6. The van der Waals surface area contributed by atoms with Crippen LogP contribution in [0.1, 0.15) is 64.5 Å². The Balaban J connectivity index is 1.42. The lowest BCUT2D eigenvalue weighted by molar-refractivity contribution is -0.121. The number of nitrogen functional groups attached to an aromatic ring is 1. The summed E-state index contributed by atoms with van der Waals surface area (Å²) in [6, 6.07) is 0. The number of nitrogens with two attached hydrogens (primary N) is 1. The summed E-state index contributed by atoms with van der Waals surface area (Å²) in [4.78, 5) is 43.1. The number of carbonyl (C=O) groups is 2. The predicted molar refractivity (Wildman–Crippen MR) is 180 cm³/mol. The lowest BCUT2D eigenvalue weighted by atomic mass is 10.1. The van der Waals surface area contributed by atoms with Gasteiger partial charge in [0.25, 0.3) is 0 Å². The number of anilines is 1. The van der Waals surface area contributed by atoms with Gasteiger partial charge in [0.1, 0.15) is 31.2 Å². The second kappa shape index (κ2) is 24.1. The summed E-state index contributed by atoms with van der Waals surface area (Å²) in [5.41, 5.74) is 4.55. The number of amides is 2. The molecular weight excluding hydrogens is 606 g/mol. The number of hydrogen-bond acceptors (Lipinski definition) is 11. The van der Waals surface area contributed by atoms with Crippen LogP contribution in [-0.4, -0.2) is 87.8 Å². The number of unbranched alkanes of at least 4 members (excludes halogenated alkanes) is 1. The van der Waals surface area contributed by atoms with Crippen LogP contribution >= 0.6 is 0 Å². The van der Waals surface area contributed by atoms with Crippen LogP contribution in [0.5, 0.6) is 0 Å². The van der Waals surface area contributed by atoms with Crippen LogP contribution in [0, 0.1) is 0 Å². The molecule has 260 valence electrons. The quantitative estimate of drug-likeness (QED) is 0.0788. The van der Waals surface area contributed by atoms with Crippen LogP contribution < -0.4 is 27.4 Å². The molecule has 0 radical (unpaired) electrons. The molecular formula is C33H51N7O7. The largest absolute Gasteiger partial charge is 0.447 e. The number of allylic oxidation sites excluding steroid dienone is 10. The molecule has 1 aromatic heterocycles. The Morgan fingerprint density at radius 3 is 2.13 bits per heavy atom. The molecule has 0 bridgehead atoms. The third kappa shape index (κ3) is 16.9. The van der Waals surface area contributed by atoms with E-state index in [2.05, 4.69) is 93.6 Å². The summed E-state index contributed by atoms with van der Waals surface area (Å²) < 4.78 is 11.4. The number of nitrogens with one attached hydrogen (secondary N) is 3. The van der Waals surface area contributed by atoms with Crippen molar-refractivity contribution in [2.45, 2.75) is 82.8 Å². The van der Waals surface area contributed by atoms with Gasteiger partial charge in [0.2, 0.25) is 11.9 Å². The van der Waals surface area contributed by atoms with Gasteiger partial charge in [-0.25, -0.2) is 14.6 Å². The Kier molecular flexibility index (Phi) is 20.0. The molecule has 14 nitrogen and oxygen atoms in total. The predicted octanol–water partition coefficient (Wildman–Crippen LogP) is 2.19. The third-order valence-electron chi connectivity index (χ3n) is 6.86. The summed E-state index contributed by atoms with van der Waals surface area (Å²) in [6.07, 6.45) is 23.7. The van der Waals surface area contributed by atoms with Crippen LogP contribution in [0.4, 0.5) is 10.7 Å². The molecule has 1 aromatic rings. The Hall–Kier alpha value is -4.11. The average Bonchev–Trinajstić information content (AvgIpc) is 3.33. The van der Waals surface area contributed by atoms with Crippen molar-refractivity contribution in [3.63, 3.8) is 0 Å². The van der Waals surface area contributed by atoms with Crippen molar-refractivity contribution in [1.29, 1.82) is 0 Å². The molecule has 0 aliphatic carbocycles. The van der Waals surface area contributed by atoms with Gasteiger partial charge in [-0.15, -0.1) is 0 Å². The number of aliphatic hydroxyl groups is 2. The highest BCUT2D eigenvalue weighted by Crippen LogP contribution is 2.28. The standard InChI is InChI=1S/C33H51N7O7/c1-2-3-4-5-6-7-8-9-10-11-12-13-14-15-16-17-18-19-27(41)36-22-20-35-21-23-37-33(45)46-24-26-28(42)29(43)30(47-26)40-25-38-31(34)39-32(40)44/h3-4,6-7,9-10,12-13,15-16,25-26,28-30,35,42-43H,2,5,8,11,14,17-24H2,1H3,(H,36,41)(H,37,45)(H2,34,39,44). The topological polar surface area (TPSA) is 203 Å². The van der Waals surface area contributed by atoms with E-state index in [0.717, 1.165) is 55.8 Å². The van der Waals surface area contributed by atoms with Gasteiger partial charge in [0.15, 0.2) is 6.23 Å². The molecule has 4 unspecified atom stereocenters. The van der Waals surface area contributed by atoms with Gasteiger partial charge in [-0.1, -0.05) is 67.7 Å². The fraction of sp³-hybridized carbons (Fsp3) is 0.545. The second-order valence-electron chi connectivity index (χ2n) is 10.7. The van der Waals surface area contributed by atoms with Crippen LogP contribution in [0.3, 0.4) is 0 Å². The van der Waals surface area contributed by atoms with Gasteiger partial charge >= 0.3 is 11.8 Å². The van der Waals surface area contributed by atoms with Gasteiger partial charge in [-0.3, -0.25) is 9.36 Å². The van der Waals surface area contributed by atoms with Gasteiger partial charge in [-0.2, -0.15) is 4.98 Å². The Bertz CT molecular complexity index is 1260. The highest BCUT2D eigenvalue weighted by Gasteiger charge is 2.44. The van der Waals surface area contributed by atoms with Crippen molar-refractivity contribution in [3.05, 3.63) is 77.6 Å². The molecule has 2 amide bonds. The monoisotopic (exact) mass is 657 g/mol. The molecule has 47 heavy (non-hydrogen) atoms. The molecule has 14 heteroatoms. The third-order valence-corrected chi connectivity index (χ3v) is 6.86. The normalized spacial score (nSPS) is 20.0. The van der Waals surface area contributed by atoms with E-state index in [-0.39, 0.29) is 25.0 Å². The maximum atomic E-state index is 12.0. The first-order valence-corrected chi connectivity index (χ1v) is 16.2. The fourth-order valence-electron chi connectivity index (χ4n) is 4.34. The number of nitrogens with zero attached hydrogens (tertiary/aromatic N) is 3. The Labute approximate surface area is 276 Å². The average molecular weight is 658 g/mol. The first kappa shape index (κ1) is 39.1. The zero-order valence-electron chi connectivity index (χ0n) is 27.2. The van der Waals surface area contributed by atoms with Crippen LogP contribution in [0.25, 0.3) is 0 Å². The number of carbonyl (C=O) groups excluding carboxylic acids is 2. The molecule has 7 N–H and O–H groups in total. The number of alkyl carbamates (subject to hydrolysis) is 1. The molecule has 1 saturated heterocycles. The number of ether oxygens (including phenoxy) is 2. The van der Waals surface area contributed by atoms with E-state index < -0.39 is 36.3 Å². The summed E-state index contributed by atoms with van der Waals surface area (Å²) in [7, 11) is 0. The Morgan fingerprint density at radius 2 is 1.51 bits per heavy atom. The lowest BCUT2D eigenvalue weighted by Gasteiger charge is -2.16. The van der Waals surface area contributed by atoms with Crippen LogP contribution in [-0.2, 0) is 14.3 Å². The van der Waals surface area contributed by atoms with Gasteiger partial charge in [0.05, 0.1) is 0 Å². The summed E-state index contributed by atoms with van der Waals surface area (Å²) >= 11 is 0. The molecule has 1 aliphatic heterocycles. The number of rotatable bonds is 22. The number of hydrogen-bond donors (Lipinski definition) is 6. The maximum Gasteiger partial charge on any atom is 0.407 e. The van der Waals surface area contributed by atoms with Crippen molar-refractivity contribution in [1.82, 2.24) is 30.5 Å². The first-order valence-electron chi connectivity index (χ1n) is 16.2. The maximum absolute atomic E-state index is 12.0. The van der Waals surface area contributed by atoms with Crippen molar-refractivity contribution >= 4 is 17.9 Å². The highest BCUT2D eigenvalue weighted by molar-refractivity contribution is 5.75. The molecule has 0 saturated carbocycles. The van der Waals surface area contributed by atoms with Crippen molar-refractivity contribution < 1.29 is 29.3 Å². The van der Waals surface area contributed by atoms with Crippen LogP contribution in [0.15, 0.2) is 71.9 Å². The van der Waals surface area contributed by atoms with Crippen LogP contribution in [0.2, 0.25) is 0 Å². The summed E-state index contributed by atoms with van der Waals surface area (Å²) in [5.74, 6) is -0.239. The van der Waals surface area contributed by atoms with E-state index in [9.17, 15) is 24.6 Å². The molecule has 4 atom stereocenters.